The molecule has 2 aromatic rings. The van der Waals surface area contributed by atoms with Crippen LogP contribution in [0.5, 0.6) is 5.75 Å². The lowest BCUT2D eigenvalue weighted by atomic mass is 9.86. The lowest BCUT2D eigenvalue weighted by Gasteiger charge is -2.27. The molecule has 0 bridgehead atoms. The predicted molar refractivity (Wildman–Crippen MR) is 87.1 cm³/mol. The maximum Gasteiger partial charge on any atom is 0.122 e. The Bertz CT molecular complexity index is 594. The van der Waals surface area contributed by atoms with Crippen LogP contribution in [0.1, 0.15) is 36.0 Å². The van der Waals surface area contributed by atoms with Crippen molar-refractivity contribution in [3.8, 4) is 5.75 Å². The Kier molecular flexibility index (Phi) is 4.51. The van der Waals surface area contributed by atoms with Crippen molar-refractivity contribution in [3.05, 3.63) is 59.7 Å². The molecule has 1 aliphatic heterocycles. The van der Waals surface area contributed by atoms with Gasteiger partial charge in [0.15, 0.2) is 0 Å². The zero-order chi connectivity index (χ0) is 14.7. The molecule has 3 heteroatoms. The van der Waals surface area contributed by atoms with Gasteiger partial charge in [-0.1, -0.05) is 30.3 Å². The molecule has 1 heterocycles. The first-order chi connectivity index (χ1) is 10.3. The van der Waals surface area contributed by atoms with Gasteiger partial charge in [0.25, 0.3) is 0 Å². The van der Waals surface area contributed by atoms with Gasteiger partial charge in [-0.05, 0) is 54.3 Å². The average Bonchev–Trinajstić information content (AvgIpc) is 2.55. The minimum atomic E-state index is -0.419. The van der Waals surface area contributed by atoms with Gasteiger partial charge in [-0.2, -0.15) is 0 Å². The third-order valence-electron chi connectivity index (χ3n) is 4.09. The summed E-state index contributed by atoms with van der Waals surface area (Å²) in [7, 11) is 0. The van der Waals surface area contributed by atoms with E-state index in [2.05, 4.69) is 24.5 Å². The second kappa shape index (κ2) is 6.54. The molecule has 3 rings (SSSR count). The number of para-hydroxylation sites is 1. The Hall–Kier alpha value is -1.45. The summed E-state index contributed by atoms with van der Waals surface area (Å²) in [6.07, 6.45) is 3.36. The lowest BCUT2D eigenvalue weighted by Crippen LogP contribution is -2.16. The van der Waals surface area contributed by atoms with Crippen molar-refractivity contribution in [3.63, 3.8) is 0 Å². The highest BCUT2D eigenvalue weighted by atomic mass is 32.2. The first-order valence-corrected chi connectivity index (χ1v) is 8.54. The Morgan fingerprint density at radius 1 is 1.19 bits per heavy atom. The van der Waals surface area contributed by atoms with E-state index in [-0.39, 0.29) is 0 Å². The normalized spacial score (nSPS) is 18.7. The van der Waals surface area contributed by atoms with Crippen LogP contribution in [0.2, 0.25) is 0 Å². The molecule has 1 N–H and O–H groups in total. The number of rotatable bonds is 4. The average molecular weight is 300 g/mol. The van der Waals surface area contributed by atoms with E-state index in [9.17, 15) is 5.11 Å². The van der Waals surface area contributed by atoms with E-state index >= 15 is 0 Å². The highest BCUT2D eigenvalue weighted by Gasteiger charge is 2.24. The Labute approximate surface area is 130 Å². The molecule has 0 aliphatic carbocycles. The minimum Gasteiger partial charge on any atom is -0.493 e. The SMILES string of the molecule is CSc1ccc(C(O)CC2CCOc3ccccc32)cc1. The number of thioether (sulfide) groups is 1. The van der Waals surface area contributed by atoms with Gasteiger partial charge in [0, 0.05) is 4.90 Å². The maximum atomic E-state index is 10.5. The van der Waals surface area contributed by atoms with Crippen LogP contribution in [-0.2, 0) is 0 Å². The topological polar surface area (TPSA) is 29.5 Å². The van der Waals surface area contributed by atoms with Crippen LogP contribution in [0.4, 0.5) is 0 Å². The largest absolute Gasteiger partial charge is 0.493 e. The Morgan fingerprint density at radius 3 is 2.71 bits per heavy atom. The van der Waals surface area contributed by atoms with Crippen molar-refractivity contribution in [2.24, 2.45) is 0 Å². The fourth-order valence-corrected chi connectivity index (χ4v) is 3.30. The molecular formula is C18H20O2S. The first-order valence-electron chi connectivity index (χ1n) is 7.31. The number of hydrogen-bond donors (Lipinski definition) is 1. The number of aliphatic hydroxyl groups excluding tert-OH is 1. The molecule has 21 heavy (non-hydrogen) atoms. The van der Waals surface area contributed by atoms with Gasteiger partial charge in [-0.15, -0.1) is 11.8 Å². The summed E-state index contributed by atoms with van der Waals surface area (Å²) in [4.78, 5) is 1.22. The molecule has 0 spiro atoms. The maximum absolute atomic E-state index is 10.5. The summed E-state index contributed by atoms with van der Waals surface area (Å²) in [6.45, 7) is 0.736. The second-order valence-corrected chi connectivity index (χ2v) is 6.28. The van der Waals surface area contributed by atoms with Crippen LogP contribution in [-0.4, -0.2) is 18.0 Å². The number of aliphatic hydroxyl groups is 1. The zero-order valence-electron chi connectivity index (χ0n) is 12.2. The van der Waals surface area contributed by atoms with Crippen molar-refractivity contribution in [1.82, 2.24) is 0 Å². The number of benzene rings is 2. The Balaban J connectivity index is 1.74. The van der Waals surface area contributed by atoms with E-state index in [1.165, 1.54) is 10.5 Å². The molecule has 2 aromatic carbocycles. The summed E-state index contributed by atoms with van der Waals surface area (Å²) >= 11 is 1.72. The molecule has 2 unspecified atom stereocenters. The van der Waals surface area contributed by atoms with Crippen LogP contribution in [0.15, 0.2) is 53.4 Å². The van der Waals surface area contributed by atoms with E-state index in [0.29, 0.717) is 5.92 Å². The van der Waals surface area contributed by atoms with Crippen molar-refractivity contribution < 1.29 is 9.84 Å². The summed E-state index contributed by atoms with van der Waals surface area (Å²) in [5, 5.41) is 10.5. The fourth-order valence-electron chi connectivity index (χ4n) is 2.89. The molecule has 1 aliphatic rings. The van der Waals surface area contributed by atoms with Gasteiger partial charge in [0.1, 0.15) is 5.75 Å². The zero-order valence-corrected chi connectivity index (χ0v) is 13.0. The first kappa shape index (κ1) is 14.5. The van der Waals surface area contributed by atoms with Crippen molar-refractivity contribution in [1.29, 1.82) is 0 Å². The minimum absolute atomic E-state index is 0.366. The van der Waals surface area contributed by atoms with E-state index < -0.39 is 6.10 Å². The molecule has 0 fully saturated rings. The third-order valence-corrected chi connectivity index (χ3v) is 4.83. The van der Waals surface area contributed by atoms with E-state index in [4.69, 9.17) is 4.74 Å². The molecule has 2 nitrogen and oxygen atoms in total. The molecule has 0 saturated carbocycles. The van der Waals surface area contributed by atoms with Crippen LogP contribution < -0.4 is 4.74 Å². The van der Waals surface area contributed by atoms with Crippen LogP contribution in [0.25, 0.3) is 0 Å². The third kappa shape index (κ3) is 3.25. The highest BCUT2D eigenvalue weighted by molar-refractivity contribution is 7.98. The number of fused-ring (bicyclic) bond motifs is 1. The Morgan fingerprint density at radius 2 is 1.95 bits per heavy atom. The van der Waals surface area contributed by atoms with Gasteiger partial charge >= 0.3 is 0 Å². The van der Waals surface area contributed by atoms with Crippen LogP contribution in [0, 0.1) is 0 Å². The molecule has 0 amide bonds. The van der Waals surface area contributed by atoms with E-state index in [1.807, 2.05) is 30.3 Å². The monoisotopic (exact) mass is 300 g/mol. The molecule has 0 radical (unpaired) electrons. The number of ether oxygens (including phenoxy) is 1. The van der Waals surface area contributed by atoms with Gasteiger partial charge in [0.05, 0.1) is 12.7 Å². The summed E-state index contributed by atoms with van der Waals surface area (Å²) in [6, 6.07) is 16.4. The van der Waals surface area contributed by atoms with Gasteiger partial charge in [-0.3, -0.25) is 0 Å². The second-order valence-electron chi connectivity index (χ2n) is 5.40. The molecule has 0 aromatic heterocycles. The van der Waals surface area contributed by atoms with Crippen molar-refractivity contribution >= 4 is 11.8 Å². The van der Waals surface area contributed by atoms with Gasteiger partial charge < -0.3 is 9.84 Å². The number of hydrogen-bond acceptors (Lipinski definition) is 3. The predicted octanol–water partition coefficient (Wildman–Crippen LogP) is 4.40. The molecule has 110 valence electrons. The summed E-state index contributed by atoms with van der Waals surface area (Å²) in [5.41, 5.74) is 2.22. The highest BCUT2D eigenvalue weighted by Crippen LogP contribution is 2.38. The lowest BCUT2D eigenvalue weighted by molar-refractivity contribution is 0.145. The standard InChI is InChI=1S/C18H20O2S/c1-21-15-8-6-13(7-9-15)17(19)12-14-10-11-20-18-5-3-2-4-16(14)18/h2-9,14,17,19H,10-12H2,1H3. The van der Waals surface area contributed by atoms with Gasteiger partial charge in [0.2, 0.25) is 0 Å². The van der Waals surface area contributed by atoms with Crippen LogP contribution >= 0.6 is 11.8 Å². The molecular weight excluding hydrogens is 280 g/mol. The van der Waals surface area contributed by atoms with Gasteiger partial charge in [-0.25, -0.2) is 0 Å². The van der Waals surface area contributed by atoms with E-state index in [0.717, 1.165) is 30.8 Å². The molecule has 2 atom stereocenters. The smallest absolute Gasteiger partial charge is 0.122 e. The fraction of sp³-hybridized carbons (Fsp3) is 0.333. The van der Waals surface area contributed by atoms with Crippen molar-refractivity contribution in [2.75, 3.05) is 12.9 Å². The quantitative estimate of drug-likeness (QED) is 0.849. The van der Waals surface area contributed by atoms with Crippen LogP contribution in [0.3, 0.4) is 0 Å². The molecule has 0 saturated heterocycles. The summed E-state index contributed by atoms with van der Waals surface area (Å²) < 4.78 is 5.69. The summed E-state index contributed by atoms with van der Waals surface area (Å²) in [5.74, 6) is 1.34. The van der Waals surface area contributed by atoms with Crippen molar-refractivity contribution in [2.45, 2.75) is 29.8 Å². The van der Waals surface area contributed by atoms with E-state index in [1.54, 1.807) is 11.8 Å².